The van der Waals surface area contributed by atoms with Gasteiger partial charge >= 0.3 is 6.03 Å². The van der Waals surface area contributed by atoms with Crippen LogP contribution in [0, 0.1) is 18.3 Å². The molecule has 4 heteroatoms. The number of hydrogen-bond acceptors (Lipinski definition) is 2. The van der Waals surface area contributed by atoms with Gasteiger partial charge in [-0.15, -0.1) is 12.3 Å². The monoisotopic (exact) mass is 222 g/mol. The Morgan fingerprint density at radius 3 is 2.50 bits per heavy atom. The third kappa shape index (κ3) is 2.54. The average molecular weight is 222 g/mol. The maximum Gasteiger partial charge on any atom is 0.327 e. The Bertz CT molecular complexity index is 330. The average Bonchev–Trinajstić information content (AvgIpc) is 2.41. The van der Waals surface area contributed by atoms with Crippen LogP contribution < -0.4 is 0 Å². The zero-order valence-corrected chi connectivity index (χ0v) is 10.1. The normalized spacial score (nSPS) is 18.2. The van der Waals surface area contributed by atoms with E-state index in [1.54, 1.807) is 11.8 Å². The lowest BCUT2D eigenvalue weighted by molar-refractivity contribution is -0.126. The third-order valence-electron chi connectivity index (χ3n) is 2.51. The number of hydrogen-bond donors (Lipinski definition) is 0. The first-order valence-corrected chi connectivity index (χ1v) is 5.51. The van der Waals surface area contributed by atoms with Gasteiger partial charge in [-0.3, -0.25) is 9.69 Å². The summed E-state index contributed by atoms with van der Waals surface area (Å²) in [6.45, 7) is 6.64. The maximum atomic E-state index is 11.9. The van der Waals surface area contributed by atoms with Crippen LogP contribution in [0.15, 0.2) is 0 Å². The fourth-order valence-electron chi connectivity index (χ4n) is 1.85. The Morgan fingerprint density at radius 1 is 1.38 bits per heavy atom. The van der Waals surface area contributed by atoms with Gasteiger partial charge in [0.1, 0.15) is 6.54 Å². The van der Waals surface area contributed by atoms with Crippen molar-refractivity contribution in [2.45, 2.75) is 33.2 Å². The van der Waals surface area contributed by atoms with E-state index in [0.717, 1.165) is 0 Å². The van der Waals surface area contributed by atoms with Gasteiger partial charge in [0.15, 0.2) is 0 Å². The van der Waals surface area contributed by atoms with Crippen molar-refractivity contribution in [3.8, 4) is 12.3 Å². The van der Waals surface area contributed by atoms with Gasteiger partial charge in [0, 0.05) is 19.0 Å². The number of nitrogens with zero attached hydrogens (tertiary/aromatic N) is 2. The van der Waals surface area contributed by atoms with Crippen molar-refractivity contribution in [3.63, 3.8) is 0 Å². The van der Waals surface area contributed by atoms with Crippen LogP contribution in [-0.4, -0.2) is 40.9 Å². The van der Waals surface area contributed by atoms with E-state index in [-0.39, 0.29) is 24.5 Å². The van der Waals surface area contributed by atoms with Gasteiger partial charge in [0.25, 0.3) is 5.91 Å². The fraction of sp³-hybridized carbons (Fsp3) is 0.667. The molecule has 88 valence electrons. The highest BCUT2D eigenvalue weighted by Crippen LogP contribution is 2.16. The minimum absolute atomic E-state index is 0.145. The summed E-state index contributed by atoms with van der Waals surface area (Å²) in [5.74, 6) is 2.69. The SMILES string of the molecule is C#CCC(C)N1C(=O)CN(CC(C)C)C1=O. The van der Waals surface area contributed by atoms with Crippen molar-refractivity contribution in [3.05, 3.63) is 0 Å². The van der Waals surface area contributed by atoms with E-state index in [0.29, 0.717) is 18.9 Å². The molecular formula is C12H18N2O2. The van der Waals surface area contributed by atoms with Crippen molar-refractivity contribution in [1.29, 1.82) is 0 Å². The molecule has 16 heavy (non-hydrogen) atoms. The van der Waals surface area contributed by atoms with Gasteiger partial charge in [-0.2, -0.15) is 0 Å². The lowest BCUT2D eigenvalue weighted by Crippen LogP contribution is -2.40. The predicted octanol–water partition coefficient (Wildman–Crippen LogP) is 1.32. The number of carbonyl (C=O) groups is 2. The number of imide groups is 1. The first kappa shape index (κ1) is 12.6. The number of carbonyl (C=O) groups excluding carboxylic acids is 2. The molecule has 0 saturated carbocycles. The number of urea groups is 1. The summed E-state index contributed by atoms with van der Waals surface area (Å²) in [5.41, 5.74) is 0. The first-order valence-electron chi connectivity index (χ1n) is 5.51. The van der Waals surface area contributed by atoms with E-state index in [2.05, 4.69) is 5.92 Å². The summed E-state index contributed by atoms with van der Waals surface area (Å²) in [7, 11) is 0. The van der Waals surface area contributed by atoms with Crippen LogP contribution >= 0.6 is 0 Å². The molecule has 3 amide bonds. The lowest BCUT2D eigenvalue weighted by Gasteiger charge is -2.22. The van der Waals surface area contributed by atoms with Gasteiger partial charge in [0.05, 0.1) is 0 Å². The Hall–Kier alpha value is -1.50. The van der Waals surface area contributed by atoms with Crippen molar-refractivity contribution in [2.24, 2.45) is 5.92 Å². The summed E-state index contributed by atoms with van der Waals surface area (Å²) in [4.78, 5) is 26.5. The maximum absolute atomic E-state index is 11.9. The van der Waals surface area contributed by atoms with Crippen LogP contribution in [0.5, 0.6) is 0 Å². The molecule has 4 nitrogen and oxygen atoms in total. The van der Waals surface area contributed by atoms with Crippen LogP contribution in [0.2, 0.25) is 0 Å². The number of amides is 3. The molecule has 0 aromatic carbocycles. The second-order valence-corrected chi connectivity index (χ2v) is 4.58. The summed E-state index contributed by atoms with van der Waals surface area (Å²) in [6.07, 6.45) is 5.60. The minimum atomic E-state index is -0.207. The van der Waals surface area contributed by atoms with Crippen molar-refractivity contribution in [1.82, 2.24) is 9.80 Å². The quantitative estimate of drug-likeness (QED) is 0.531. The van der Waals surface area contributed by atoms with Crippen LogP contribution in [0.25, 0.3) is 0 Å². The second kappa shape index (κ2) is 5.02. The lowest BCUT2D eigenvalue weighted by atomic mass is 10.2. The molecule has 1 saturated heterocycles. The second-order valence-electron chi connectivity index (χ2n) is 4.58. The predicted molar refractivity (Wildman–Crippen MR) is 61.6 cm³/mol. The molecule has 0 spiro atoms. The standard InChI is InChI=1S/C12H18N2O2/c1-5-6-10(4)14-11(15)8-13(12(14)16)7-9(2)3/h1,9-10H,6-8H2,2-4H3. The zero-order chi connectivity index (χ0) is 12.3. The summed E-state index contributed by atoms with van der Waals surface area (Å²) in [5, 5.41) is 0. The molecule has 0 aliphatic carbocycles. The van der Waals surface area contributed by atoms with Gasteiger partial charge < -0.3 is 4.90 Å². The van der Waals surface area contributed by atoms with Crippen LogP contribution in [0.1, 0.15) is 27.2 Å². The molecule has 1 aliphatic rings. The molecule has 1 unspecified atom stereocenters. The molecular weight excluding hydrogens is 204 g/mol. The molecule has 0 bridgehead atoms. The fourth-order valence-corrected chi connectivity index (χ4v) is 1.85. The number of terminal acetylenes is 1. The molecule has 0 aromatic heterocycles. The van der Waals surface area contributed by atoms with Crippen LogP contribution in [0.4, 0.5) is 4.79 Å². The van der Waals surface area contributed by atoms with E-state index in [1.165, 1.54) is 4.90 Å². The smallest absolute Gasteiger partial charge is 0.315 e. The van der Waals surface area contributed by atoms with Gasteiger partial charge in [-0.1, -0.05) is 13.8 Å². The highest BCUT2D eigenvalue weighted by Gasteiger charge is 2.38. The Balaban J connectivity index is 2.71. The van der Waals surface area contributed by atoms with Crippen molar-refractivity contribution < 1.29 is 9.59 Å². The van der Waals surface area contributed by atoms with Gasteiger partial charge in [-0.25, -0.2) is 4.79 Å². The molecule has 1 atom stereocenters. The van der Waals surface area contributed by atoms with E-state index in [1.807, 2.05) is 13.8 Å². The van der Waals surface area contributed by atoms with E-state index in [4.69, 9.17) is 6.42 Å². The molecule has 1 heterocycles. The molecule has 1 rings (SSSR count). The van der Waals surface area contributed by atoms with Gasteiger partial charge in [0.2, 0.25) is 0 Å². The zero-order valence-electron chi connectivity index (χ0n) is 10.1. The summed E-state index contributed by atoms with van der Waals surface area (Å²) in [6, 6.07) is -0.413. The molecule has 0 N–H and O–H groups in total. The summed E-state index contributed by atoms with van der Waals surface area (Å²) >= 11 is 0. The van der Waals surface area contributed by atoms with Crippen LogP contribution in [-0.2, 0) is 4.79 Å². The minimum Gasteiger partial charge on any atom is -0.315 e. The largest absolute Gasteiger partial charge is 0.327 e. The highest BCUT2D eigenvalue weighted by molar-refractivity contribution is 6.02. The highest BCUT2D eigenvalue weighted by atomic mass is 16.2. The molecule has 0 aromatic rings. The summed E-state index contributed by atoms with van der Waals surface area (Å²) < 4.78 is 0. The Kier molecular flexibility index (Phi) is 3.94. The van der Waals surface area contributed by atoms with E-state index < -0.39 is 0 Å². The number of rotatable bonds is 4. The molecule has 1 aliphatic heterocycles. The van der Waals surface area contributed by atoms with Crippen molar-refractivity contribution >= 4 is 11.9 Å². The Labute approximate surface area is 96.6 Å². The van der Waals surface area contributed by atoms with Gasteiger partial charge in [-0.05, 0) is 12.8 Å². The van der Waals surface area contributed by atoms with Crippen molar-refractivity contribution in [2.75, 3.05) is 13.1 Å². The van der Waals surface area contributed by atoms with E-state index >= 15 is 0 Å². The third-order valence-corrected chi connectivity index (χ3v) is 2.51. The topological polar surface area (TPSA) is 40.6 Å². The van der Waals surface area contributed by atoms with E-state index in [9.17, 15) is 9.59 Å². The first-order chi connectivity index (χ1) is 7.47. The molecule has 1 fully saturated rings. The van der Waals surface area contributed by atoms with Crippen LogP contribution in [0.3, 0.4) is 0 Å². The Morgan fingerprint density at radius 2 is 2.00 bits per heavy atom. The molecule has 0 radical (unpaired) electrons.